The van der Waals surface area contributed by atoms with Crippen molar-refractivity contribution in [2.45, 2.75) is 6.18 Å². The van der Waals surface area contributed by atoms with Crippen LogP contribution < -0.4 is 5.56 Å². The van der Waals surface area contributed by atoms with Crippen molar-refractivity contribution in [3.63, 3.8) is 0 Å². The number of nitrogens with one attached hydrogen (secondary N) is 1. The molecule has 9 heteroatoms. The molecule has 0 radical (unpaired) electrons. The van der Waals surface area contributed by atoms with Crippen molar-refractivity contribution in [3.8, 4) is 5.69 Å². The number of carbonyl (C=O) groups excluding carboxylic acids is 1. The summed E-state index contributed by atoms with van der Waals surface area (Å²) in [7, 11) is 1.29. The van der Waals surface area contributed by atoms with Crippen LogP contribution in [0.1, 0.15) is 16.1 Å². The zero-order chi connectivity index (χ0) is 16.5. The Morgan fingerprint density at radius 2 is 2.00 bits per heavy atom. The quantitative estimate of drug-likeness (QED) is 0.694. The van der Waals surface area contributed by atoms with E-state index in [-0.39, 0.29) is 12.2 Å². The van der Waals surface area contributed by atoms with Gasteiger partial charge in [-0.3, -0.25) is 14.7 Å². The molecule has 0 saturated heterocycles. The van der Waals surface area contributed by atoms with Gasteiger partial charge in [-0.25, -0.2) is 9.07 Å². The summed E-state index contributed by atoms with van der Waals surface area (Å²) < 4.78 is 56.6. The third-order valence-corrected chi connectivity index (χ3v) is 2.81. The van der Waals surface area contributed by atoms with E-state index in [9.17, 15) is 27.2 Å². The topological polar surface area (TPSA) is 64.1 Å². The van der Waals surface area contributed by atoms with Crippen molar-refractivity contribution in [2.75, 3.05) is 13.7 Å². The van der Waals surface area contributed by atoms with E-state index in [0.717, 1.165) is 12.1 Å². The maximum atomic E-state index is 14.0. The van der Waals surface area contributed by atoms with Gasteiger partial charge in [0.25, 0.3) is 5.56 Å². The molecule has 2 aromatic rings. The lowest BCUT2D eigenvalue weighted by molar-refractivity contribution is -0.141. The van der Waals surface area contributed by atoms with Crippen LogP contribution in [0.4, 0.5) is 17.6 Å². The Hall–Kier alpha value is -2.42. The van der Waals surface area contributed by atoms with E-state index < -0.39 is 34.7 Å². The summed E-state index contributed by atoms with van der Waals surface area (Å²) in [4.78, 5) is 23.1. The minimum absolute atomic E-state index is 0.0150. The van der Waals surface area contributed by atoms with Gasteiger partial charge in [0.2, 0.25) is 0 Å². The molecule has 0 aliphatic rings. The van der Waals surface area contributed by atoms with Gasteiger partial charge >= 0.3 is 6.18 Å². The van der Waals surface area contributed by atoms with Crippen molar-refractivity contribution < 1.29 is 27.1 Å². The predicted octanol–water partition coefficient (Wildman–Crippen LogP) is 2.15. The number of nitrogens with zero attached hydrogens (tertiary/aromatic N) is 1. The fourth-order valence-electron chi connectivity index (χ4n) is 1.80. The highest BCUT2D eigenvalue weighted by Crippen LogP contribution is 2.27. The van der Waals surface area contributed by atoms with Crippen LogP contribution in [0.15, 0.2) is 29.1 Å². The van der Waals surface area contributed by atoms with Gasteiger partial charge in [0.05, 0.1) is 0 Å². The molecule has 2 rings (SSSR count). The van der Waals surface area contributed by atoms with E-state index in [4.69, 9.17) is 0 Å². The van der Waals surface area contributed by atoms with Crippen LogP contribution in [0.2, 0.25) is 0 Å². The molecule has 0 saturated carbocycles. The van der Waals surface area contributed by atoms with Crippen molar-refractivity contribution in [1.29, 1.82) is 0 Å². The summed E-state index contributed by atoms with van der Waals surface area (Å²) in [5.74, 6) is -1.51. The number of hydrogen-bond donors (Lipinski definition) is 1. The lowest BCUT2D eigenvalue weighted by Crippen LogP contribution is -2.16. The highest BCUT2D eigenvalue weighted by Gasteiger charge is 2.34. The van der Waals surface area contributed by atoms with E-state index in [1.807, 2.05) is 0 Å². The first-order chi connectivity index (χ1) is 10.2. The molecule has 1 N–H and O–H groups in total. The summed E-state index contributed by atoms with van der Waals surface area (Å²) >= 11 is 0. The number of methoxy groups -OCH3 is 1. The van der Waals surface area contributed by atoms with Gasteiger partial charge in [-0.15, -0.1) is 0 Å². The number of rotatable bonds is 4. The minimum atomic E-state index is -4.75. The largest absolute Gasteiger partial charge is 0.432 e. The van der Waals surface area contributed by atoms with Crippen LogP contribution in [0, 0.1) is 5.82 Å². The van der Waals surface area contributed by atoms with E-state index in [0.29, 0.717) is 10.7 Å². The third kappa shape index (κ3) is 3.08. The molecule has 0 spiro atoms. The van der Waals surface area contributed by atoms with Crippen molar-refractivity contribution >= 4 is 5.78 Å². The first kappa shape index (κ1) is 16.0. The molecule has 1 aromatic carbocycles. The molecule has 5 nitrogen and oxygen atoms in total. The van der Waals surface area contributed by atoms with Gasteiger partial charge in [-0.05, 0) is 18.2 Å². The molecule has 0 aliphatic heterocycles. The molecule has 1 heterocycles. The van der Waals surface area contributed by atoms with Crippen LogP contribution in [-0.2, 0) is 10.9 Å². The summed E-state index contributed by atoms with van der Waals surface area (Å²) in [6, 6.07) is 3.39. The molecule has 1 aromatic heterocycles. The third-order valence-electron chi connectivity index (χ3n) is 2.81. The number of H-pyrrole nitrogens is 1. The number of Topliss-reactive ketones (excluding diaryl/α,β-unsaturated/α-hetero) is 1. The Morgan fingerprint density at radius 3 is 2.50 bits per heavy atom. The first-order valence-corrected chi connectivity index (χ1v) is 5.95. The highest BCUT2D eigenvalue weighted by molar-refractivity contribution is 5.97. The smallest absolute Gasteiger partial charge is 0.377 e. The van der Waals surface area contributed by atoms with Crippen molar-refractivity contribution in [3.05, 3.63) is 51.7 Å². The highest BCUT2D eigenvalue weighted by atomic mass is 19.4. The average Bonchev–Trinajstić information content (AvgIpc) is 2.81. The molecule has 22 heavy (non-hydrogen) atoms. The molecule has 0 amide bonds. The van der Waals surface area contributed by atoms with Gasteiger partial charge in [-0.1, -0.05) is 0 Å². The van der Waals surface area contributed by atoms with Gasteiger partial charge < -0.3 is 4.74 Å². The van der Waals surface area contributed by atoms with Crippen LogP contribution in [0.5, 0.6) is 0 Å². The van der Waals surface area contributed by atoms with Gasteiger partial charge in [0.15, 0.2) is 5.78 Å². The van der Waals surface area contributed by atoms with Crippen LogP contribution >= 0.6 is 0 Å². The Balaban J connectivity index is 2.44. The lowest BCUT2D eigenvalue weighted by Gasteiger charge is -2.07. The number of carbonyl (C=O) groups is 1. The Bertz CT molecular complexity index is 761. The second kappa shape index (κ2) is 5.76. The van der Waals surface area contributed by atoms with E-state index in [1.54, 1.807) is 5.10 Å². The van der Waals surface area contributed by atoms with Crippen molar-refractivity contribution in [2.24, 2.45) is 0 Å². The second-order valence-corrected chi connectivity index (χ2v) is 4.36. The standard InChI is InChI=1S/C13H10F4N2O3/c1-22-6-10(20)7-2-3-9(8(14)4-7)19-12(21)5-11(18-19)13(15,16)17/h2-5,18H,6H2,1H3. The van der Waals surface area contributed by atoms with Gasteiger partial charge in [-0.2, -0.15) is 13.2 Å². The first-order valence-electron chi connectivity index (χ1n) is 5.95. The number of aromatic amines is 1. The normalized spacial score (nSPS) is 11.7. The molecule has 0 bridgehead atoms. The Labute approximate surface area is 121 Å². The monoisotopic (exact) mass is 318 g/mol. The molecule has 0 aliphatic carbocycles. The summed E-state index contributed by atoms with van der Waals surface area (Å²) in [6.07, 6.45) is -4.75. The number of hydrogen-bond acceptors (Lipinski definition) is 3. The SMILES string of the molecule is COCC(=O)c1ccc(-n2[nH]c(C(F)(F)F)cc2=O)c(F)c1. The molecular formula is C13H10F4N2O3. The lowest BCUT2D eigenvalue weighted by atomic mass is 10.1. The van der Waals surface area contributed by atoms with Crippen molar-refractivity contribution in [1.82, 2.24) is 9.78 Å². The maximum absolute atomic E-state index is 14.0. The molecule has 0 atom stereocenters. The van der Waals surface area contributed by atoms with Gasteiger partial charge in [0.1, 0.15) is 23.8 Å². The zero-order valence-electron chi connectivity index (χ0n) is 11.2. The van der Waals surface area contributed by atoms with Crippen LogP contribution in [-0.4, -0.2) is 29.3 Å². The fraction of sp³-hybridized carbons (Fsp3) is 0.231. The number of alkyl halides is 3. The number of halogens is 4. The summed E-state index contributed by atoms with van der Waals surface area (Å²) in [5.41, 5.74) is -2.80. The number of ether oxygens (including phenoxy) is 1. The van der Waals surface area contributed by atoms with E-state index in [2.05, 4.69) is 4.74 Å². The Kier molecular flexibility index (Phi) is 4.18. The fourth-order valence-corrected chi connectivity index (χ4v) is 1.80. The number of ketones is 1. The molecule has 0 fully saturated rings. The van der Waals surface area contributed by atoms with Gasteiger partial charge in [0, 0.05) is 18.7 Å². The predicted molar refractivity (Wildman–Crippen MR) is 67.6 cm³/mol. The number of aromatic nitrogens is 2. The summed E-state index contributed by atoms with van der Waals surface area (Å²) in [5, 5.41) is 1.78. The molecule has 0 unspecified atom stereocenters. The zero-order valence-corrected chi connectivity index (χ0v) is 11.2. The number of benzene rings is 1. The minimum Gasteiger partial charge on any atom is -0.377 e. The van der Waals surface area contributed by atoms with Crippen LogP contribution in [0.25, 0.3) is 5.69 Å². The Morgan fingerprint density at radius 1 is 1.32 bits per heavy atom. The molecule has 118 valence electrons. The average molecular weight is 318 g/mol. The maximum Gasteiger partial charge on any atom is 0.432 e. The summed E-state index contributed by atoms with van der Waals surface area (Å²) in [6.45, 7) is -0.264. The van der Waals surface area contributed by atoms with E-state index >= 15 is 0 Å². The van der Waals surface area contributed by atoms with Crippen LogP contribution in [0.3, 0.4) is 0 Å². The molecular weight excluding hydrogens is 308 g/mol. The second-order valence-electron chi connectivity index (χ2n) is 4.36. The van der Waals surface area contributed by atoms with E-state index in [1.165, 1.54) is 13.2 Å².